The molecule has 11 heteroatoms. The highest BCUT2D eigenvalue weighted by molar-refractivity contribution is 6.04. The maximum absolute atomic E-state index is 17.0. The van der Waals surface area contributed by atoms with Gasteiger partial charge in [-0.25, -0.2) is 9.37 Å². The van der Waals surface area contributed by atoms with Gasteiger partial charge in [0.1, 0.15) is 34.8 Å². The lowest BCUT2D eigenvalue weighted by atomic mass is 9.96. The van der Waals surface area contributed by atoms with Crippen molar-refractivity contribution in [2.75, 3.05) is 57.5 Å². The number of phenolic OH excluding ortho intramolecular Hbond substituents is 1. The van der Waals surface area contributed by atoms with Crippen LogP contribution in [0.15, 0.2) is 30.3 Å². The quantitative estimate of drug-likeness (QED) is 0.308. The molecule has 2 aromatic carbocycles. The molecule has 0 amide bonds. The fraction of sp³-hybridized carbons (Fsp3) is 0.457. The van der Waals surface area contributed by atoms with Gasteiger partial charge in [0, 0.05) is 60.2 Å². The van der Waals surface area contributed by atoms with Gasteiger partial charge in [0.15, 0.2) is 5.82 Å². The normalized spacial score (nSPS) is 24.7. The first kappa shape index (κ1) is 28.0. The summed E-state index contributed by atoms with van der Waals surface area (Å²) in [5, 5.41) is 16.1. The van der Waals surface area contributed by atoms with E-state index in [1.165, 1.54) is 6.07 Å². The van der Waals surface area contributed by atoms with Crippen LogP contribution >= 0.6 is 0 Å². The van der Waals surface area contributed by atoms with Crippen molar-refractivity contribution in [3.8, 4) is 41.2 Å². The Balaban J connectivity index is 1.19. The molecule has 2 bridgehead atoms. The van der Waals surface area contributed by atoms with Crippen LogP contribution in [0.1, 0.15) is 31.2 Å². The Morgan fingerprint density at radius 1 is 1.13 bits per heavy atom. The molecule has 0 radical (unpaired) electrons. The monoisotopic (exact) mass is 622 g/mol. The third-order valence-corrected chi connectivity index (χ3v) is 10.4. The van der Waals surface area contributed by atoms with E-state index < -0.39 is 5.82 Å². The second-order valence-electron chi connectivity index (χ2n) is 13.4. The van der Waals surface area contributed by atoms with Crippen LogP contribution in [0.5, 0.6) is 17.6 Å². The average Bonchev–Trinajstić information content (AvgIpc) is 3.76. The number of piperazine rings is 1. The molecule has 5 aliphatic rings. The van der Waals surface area contributed by atoms with Crippen molar-refractivity contribution in [1.82, 2.24) is 25.2 Å². The number of nitrogens with one attached hydrogen (secondary N) is 1. The second kappa shape index (κ2) is 10.7. The van der Waals surface area contributed by atoms with E-state index in [-0.39, 0.29) is 46.3 Å². The first-order valence-electron chi connectivity index (χ1n) is 16.2. The van der Waals surface area contributed by atoms with Gasteiger partial charge in [-0.1, -0.05) is 18.1 Å². The third-order valence-electron chi connectivity index (χ3n) is 10.4. The molecule has 3 atom stereocenters. The Labute approximate surface area is 265 Å². The maximum atomic E-state index is 17.0. The van der Waals surface area contributed by atoms with E-state index in [0.29, 0.717) is 52.4 Å². The molecule has 2 aromatic heterocycles. The zero-order valence-corrected chi connectivity index (χ0v) is 25.5. The van der Waals surface area contributed by atoms with Gasteiger partial charge in [-0.3, -0.25) is 4.90 Å². The largest absolute Gasteiger partial charge is 0.508 e. The van der Waals surface area contributed by atoms with Gasteiger partial charge in [-0.15, -0.1) is 6.42 Å². The van der Waals surface area contributed by atoms with Crippen LogP contribution in [-0.4, -0.2) is 95.7 Å². The van der Waals surface area contributed by atoms with E-state index in [0.717, 1.165) is 65.1 Å². The number of ether oxygens (including phenoxy) is 3. The summed E-state index contributed by atoms with van der Waals surface area (Å²) >= 11 is 0. The molecule has 9 rings (SSSR count). The lowest BCUT2D eigenvalue weighted by Gasteiger charge is -2.40. The van der Waals surface area contributed by atoms with Crippen molar-refractivity contribution >= 4 is 27.5 Å². The highest BCUT2D eigenvalue weighted by Crippen LogP contribution is 2.48. The lowest BCUT2D eigenvalue weighted by molar-refractivity contribution is 0.0231. The van der Waals surface area contributed by atoms with Crippen LogP contribution in [0.4, 0.5) is 10.2 Å². The number of anilines is 1. The van der Waals surface area contributed by atoms with Crippen molar-refractivity contribution in [2.24, 2.45) is 5.41 Å². The minimum absolute atomic E-state index is 0.00357. The molecular formula is C35H35FN6O4. The first-order chi connectivity index (χ1) is 22.5. The third kappa shape index (κ3) is 4.62. The summed E-state index contributed by atoms with van der Waals surface area (Å²) in [7, 11) is 0. The van der Waals surface area contributed by atoms with Crippen LogP contribution < -0.4 is 19.7 Å². The van der Waals surface area contributed by atoms with Crippen LogP contribution in [0.25, 0.3) is 32.9 Å². The summed E-state index contributed by atoms with van der Waals surface area (Å²) in [5.74, 6) is 2.90. The number of rotatable bonds is 6. The Morgan fingerprint density at radius 2 is 2.00 bits per heavy atom. The van der Waals surface area contributed by atoms with E-state index >= 15 is 4.39 Å². The van der Waals surface area contributed by atoms with Crippen LogP contribution in [0, 0.1) is 23.6 Å². The number of halogens is 1. The number of aromatic nitrogens is 3. The molecule has 2 N–H and O–H groups in total. The smallest absolute Gasteiger partial charge is 0.319 e. The van der Waals surface area contributed by atoms with Crippen molar-refractivity contribution in [1.29, 1.82) is 0 Å². The average molecular weight is 623 g/mol. The van der Waals surface area contributed by atoms with Crippen molar-refractivity contribution in [2.45, 2.75) is 43.8 Å². The molecule has 4 fully saturated rings. The Bertz CT molecular complexity index is 1920. The van der Waals surface area contributed by atoms with E-state index in [1.54, 1.807) is 12.1 Å². The molecule has 3 saturated heterocycles. The van der Waals surface area contributed by atoms with Crippen molar-refractivity contribution in [3.05, 3.63) is 41.7 Å². The number of morpholine rings is 1. The SMILES string of the molecule is C#Cc1cccc2cc(O)cc(-c3nc4c5c(nc(OCC6(CN7CCOCC7)CC6)nc5c3F)N3CC5CCC(N5)C3CO4)c12. The summed E-state index contributed by atoms with van der Waals surface area (Å²) in [6.07, 6.45) is 10.1. The number of nitrogens with zero attached hydrogens (tertiary/aromatic N) is 5. The molecule has 1 aliphatic carbocycles. The molecule has 46 heavy (non-hydrogen) atoms. The fourth-order valence-corrected chi connectivity index (χ4v) is 7.86. The standard InChI is InChI=1S/C35H35FN6O4/c1-2-20-4-3-5-21-14-23(43)15-24(27(20)21)30-29(36)31-28-32(42-16-22-6-7-25(37-22)26(42)17-45-33(28)38-30)40-34(39-31)46-19-35(8-9-35)18-41-10-12-44-13-11-41/h1,3-5,14-15,22,25-26,37,43H,6-13,16-19H2. The Hall–Kier alpha value is -4.24. The van der Waals surface area contributed by atoms with Gasteiger partial charge in [-0.2, -0.15) is 9.97 Å². The van der Waals surface area contributed by atoms with E-state index in [2.05, 4.69) is 21.0 Å². The number of aromatic hydroxyl groups is 1. The lowest BCUT2D eigenvalue weighted by Crippen LogP contribution is -2.60. The Morgan fingerprint density at radius 3 is 2.83 bits per heavy atom. The predicted molar refractivity (Wildman–Crippen MR) is 171 cm³/mol. The summed E-state index contributed by atoms with van der Waals surface area (Å²) < 4.78 is 35.4. The highest BCUT2D eigenvalue weighted by Gasteiger charge is 2.46. The minimum Gasteiger partial charge on any atom is -0.508 e. The van der Waals surface area contributed by atoms with Crippen molar-refractivity contribution in [3.63, 3.8) is 0 Å². The summed E-state index contributed by atoms with van der Waals surface area (Å²) in [5.41, 5.74) is 1.06. The van der Waals surface area contributed by atoms with Gasteiger partial charge in [0.05, 0.1) is 25.9 Å². The van der Waals surface area contributed by atoms with Gasteiger partial charge in [0.25, 0.3) is 0 Å². The number of pyridine rings is 1. The summed E-state index contributed by atoms with van der Waals surface area (Å²) in [4.78, 5) is 19.1. The molecule has 3 unspecified atom stereocenters. The van der Waals surface area contributed by atoms with Gasteiger partial charge >= 0.3 is 6.01 Å². The molecule has 0 spiro atoms. The summed E-state index contributed by atoms with van der Waals surface area (Å²) in [6.45, 7) is 5.81. The first-order valence-corrected chi connectivity index (χ1v) is 16.2. The summed E-state index contributed by atoms with van der Waals surface area (Å²) in [6, 6.07) is 9.24. The topological polar surface area (TPSA) is 105 Å². The molecule has 236 valence electrons. The fourth-order valence-electron chi connectivity index (χ4n) is 7.86. The van der Waals surface area contributed by atoms with E-state index in [9.17, 15) is 5.11 Å². The molecule has 6 heterocycles. The van der Waals surface area contributed by atoms with Crippen LogP contribution in [0.2, 0.25) is 0 Å². The molecule has 1 saturated carbocycles. The zero-order valence-electron chi connectivity index (χ0n) is 25.5. The van der Waals surface area contributed by atoms with Gasteiger partial charge in [-0.05, 0) is 49.3 Å². The minimum atomic E-state index is -0.638. The Kier molecular flexibility index (Phi) is 6.49. The number of benzene rings is 2. The van der Waals surface area contributed by atoms with Crippen molar-refractivity contribution < 1.29 is 23.7 Å². The number of phenols is 1. The van der Waals surface area contributed by atoms with Gasteiger partial charge in [0.2, 0.25) is 5.88 Å². The molecule has 10 nitrogen and oxygen atoms in total. The molecule has 4 aliphatic heterocycles. The van der Waals surface area contributed by atoms with E-state index in [1.807, 2.05) is 12.1 Å². The second-order valence-corrected chi connectivity index (χ2v) is 13.4. The zero-order chi connectivity index (χ0) is 31.0. The molecule has 4 aromatic rings. The van der Waals surface area contributed by atoms with Crippen LogP contribution in [-0.2, 0) is 4.74 Å². The number of hydrogen-bond donors (Lipinski definition) is 2. The highest BCUT2D eigenvalue weighted by atomic mass is 19.1. The maximum Gasteiger partial charge on any atom is 0.319 e. The van der Waals surface area contributed by atoms with Crippen LogP contribution in [0.3, 0.4) is 0 Å². The van der Waals surface area contributed by atoms with E-state index in [4.69, 9.17) is 35.6 Å². The molecular weight excluding hydrogens is 587 g/mol. The van der Waals surface area contributed by atoms with Gasteiger partial charge < -0.3 is 29.5 Å². The number of fused-ring (bicyclic) bond motifs is 6. The predicted octanol–water partition coefficient (Wildman–Crippen LogP) is 3.86. The number of terminal acetylenes is 1. The number of hydrogen-bond acceptors (Lipinski definition) is 10.